The number of hydrogen-bond acceptors (Lipinski definition) is 3. The molecule has 0 spiro atoms. The van der Waals surface area contributed by atoms with Crippen LogP contribution in [0.2, 0.25) is 0 Å². The third kappa shape index (κ3) is 4.94. The van der Waals surface area contributed by atoms with Crippen LogP contribution in [0, 0.1) is 6.92 Å². The summed E-state index contributed by atoms with van der Waals surface area (Å²) in [5.74, 6) is 0. The van der Waals surface area contributed by atoms with Gasteiger partial charge in [0.05, 0.1) is 6.04 Å². The number of nitrogens with one attached hydrogen (secondary N) is 1. The summed E-state index contributed by atoms with van der Waals surface area (Å²) >= 11 is 1.75. The maximum absolute atomic E-state index is 4.61. The summed E-state index contributed by atoms with van der Waals surface area (Å²) < 4.78 is 0. The van der Waals surface area contributed by atoms with Gasteiger partial charge in [0.2, 0.25) is 0 Å². The average molecular weight is 302 g/mol. The highest BCUT2D eigenvalue weighted by Gasteiger charge is 2.16. The SMILES string of the molecule is CCCCCC(NC(C)c1nc(C)cs1)c1ccccc1. The van der Waals surface area contributed by atoms with Gasteiger partial charge < -0.3 is 5.32 Å². The molecule has 114 valence electrons. The van der Waals surface area contributed by atoms with Gasteiger partial charge in [0, 0.05) is 17.1 Å². The molecular weight excluding hydrogens is 276 g/mol. The zero-order chi connectivity index (χ0) is 15.1. The number of benzene rings is 1. The molecule has 1 aromatic carbocycles. The highest BCUT2D eigenvalue weighted by Crippen LogP contribution is 2.25. The van der Waals surface area contributed by atoms with E-state index < -0.39 is 0 Å². The minimum Gasteiger partial charge on any atom is -0.301 e. The zero-order valence-corrected chi connectivity index (χ0v) is 14.1. The van der Waals surface area contributed by atoms with Crippen LogP contribution in [0.1, 0.15) is 67.9 Å². The second-order valence-corrected chi connectivity index (χ2v) is 6.56. The number of nitrogens with zero attached hydrogens (tertiary/aromatic N) is 1. The van der Waals surface area contributed by atoms with E-state index in [-0.39, 0.29) is 0 Å². The van der Waals surface area contributed by atoms with Crippen molar-refractivity contribution in [3.8, 4) is 0 Å². The van der Waals surface area contributed by atoms with E-state index in [1.165, 1.54) is 36.3 Å². The predicted octanol–water partition coefficient (Wildman–Crippen LogP) is 5.42. The number of hydrogen-bond donors (Lipinski definition) is 1. The number of rotatable bonds is 8. The van der Waals surface area contributed by atoms with E-state index in [1.54, 1.807) is 11.3 Å². The first-order chi connectivity index (χ1) is 10.2. The highest BCUT2D eigenvalue weighted by molar-refractivity contribution is 7.09. The normalized spacial score (nSPS) is 14.0. The Balaban J connectivity index is 2.04. The third-order valence-electron chi connectivity index (χ3n) is 3.76. The van der Waals surface area contributed by atoms with Crippen molar-refractivity contribution < 1.29 is 0 Å². The van der Waals surface area contributed by atoms with E-state index in [4.69, 9.17) is 0 Å². The van der Waals surface area contributed by atoms with Crippen LogP contribution in [0.25, 0.3) is 0 Å². The van der Waals surface area contributed by atoms with Crippen LogP contribution in [0.3, 0.4) is 0 Å². The van der Waals surface area contributed by atoms with Crippen molar-refractivity contribution >= 4 is 11.3 Å². The fourth-order valence-corrected chi connectivity index (χ4v) is 3.39. The number of unbranched alkanes of at least 4 members (excludes halogenated alkanes) is 2. The standard InChI is InChI=1S/C18H26N2S/c1-4-5-7-12-17(16-10-8-6-9-11-16)20-15(3)18-19-14(2)13-21-18/h6,8-11,13,15,17,20H,4-5,7,12H2,1-3H3. The fraction of sp³-hybridized carbons (Fsp3) is 0.500. The first-order valence-corrected chi connectivity index (χ1v) is 8.81. The first-order valence-electron chi connectivity index (χ1n) is 7.93. The van der Waals surface area contributed by atoms with Gasteiger partial charge in [-0.05, 0) is 25.8 Å². The van der Waals surface area contributed by atoms with Crippen LogP contribution in [0.4, 0.5) is 0 Å². The smallest absolute Gasteiger partial charge is 0.110 e. The Kier molecular flexibility index (Phi) is 6.40. The summed E-state index contributed by atoms with van der Waals surface area (Å²) in [6.45, 7) is 6.53. The Labute approximate surface area is 132 Å². The molecule has 2 unspecified atom stereocenters. The highest BCUT2D eigenvalue weighted by atomic mass is 32.1. The molecule has 2 aromatic rings. The molecule has 3 heteroatoms. The Morgan fingerprint density at radius 1 is 1.19 bits per heavy atom. The maximum Gasteiger partial charge on any atom is 0.110 e. The quantitative estimate of drug-likeness (QED) is 0.658. The van der Waals surface area contributed by atoms with Crippen LogP contribution in [0.5, 0.6) is 0 Å². The van der Waals surface area contributed by atoms with Crippen LogP contribution >= 0.6 is 11.3 Å². The second-order valence-electron chi connectivity index (χ2n) is 5.67. The van der Waals surface area contributed by atoms with Crippen molar-refractivity contribution in [2.45, 2.75) is 58.5 Å². The van der Waals surface area contributed by atoms with Crippen molar-refractivity contribution in [3.05, 3.63) is 52.0 Å². The van der Waals surface area contributed by atoms with Gasteiger partial charge in [-0.1, -0.05) is 56.5 Å². The molecule has 2 rings (SSSR count). The third-order valence-corrected chi connectivity index (χ3v) is 4.90. The second kappa shape index (κ2) is 8.30. The lowest BCUT2D eigenvalue weighted by Crippen LogP contribution is -2.24. The van der Waals surface area contributed by atoms with Crippen LogP contribution in [-0.2, 0) is 0 Å². The molecule has 0 saturated heterocycles. The van der Waals surface area contributed by atoms with E-state index in [1.807, 2.05) is 0 Å². The van der Waals surface area contributed by atoms with Gasteiger partial charge in [0.15, 0.2) is 0 Å². The summed E-state index contributed by atoms with van der Waals surface area (Å²) in [5.41, 5.74) is 2.50. The molecule has 0 aliphatic carbocycles. The number of aromatic nitrogens is 1. The monoisotopic (exact) mass is 302 g/mol. The van der Waals surface area contributed by atoms with E-state index >= 15 is 0 Å². The molecule has 0 amide bonds. The molecule has 0 radical (unpaired) electrons. The maximum atomic E-state index is 4.61. The van der Waals surface area contributed by atoms with Crippen molar-refractivity contribution in [1.82, 2.24) is 10.3 Å². The summed E-state index contributed by atoms with van der Waals surface area (Å²) in [7, 11) is 0. The topological polar surface area (TPSA) is 24.9 Å². The van der Waals surface area contributed by atoms with Gasteiger partial charge in [0.25, 0.3) is 0 Å². The van der Waals surface area contributed by atoms with E-state index in [2.05, 4.69) is 66.8 Å². The summed E-state index contributed by atoms with van der Waals surface area (Å²) in [5, 5.41) is 7.08. The van der Waals surface area contributed by atoms with Gasteiger partial charge >= 0.3 is 0 Å². The molecular formula is C18H26N2S. The fourth-order valence-electron chi connectivity index (χ4n) is 2.57. The molecule has 0 fully saturated rings. The van der Waals surface area contributed by atoms with Gasteiger partial charge in [0.1, 0.15) is 5.01 Å². The van der Waals surface area contributed by atoms with Gasteiger partial charge in [-0.25, -0.2) is 4.98 Å². The molecule has 21 heavy (non-hydrogen) atoms. The lowest BCUT2D eigenvalue weighted by molar-refractivity contribution is 0.426. The van der Waals surface area contributed by atoms with E-state index in [9.17, 15) is 0 Å². The van der Waals surface area contributed by atoms with Gasteiger partial charge in [-0.2, -0.15) is 0 Å². The first kappa shape index (κ1) is 16.2. The average Bonchev–Trinajstić information content (AvgIpc) is 2.94. The molecule has 0 aliphatic heterocycles. The minimum atomic E-state index is 0.301. The summed E-state index contributed by atoms with van der Waals surface area (Å²) in [4.78, 5) is 4.61. The van der Waals surface area contributed by atoms with Crippen LogP contribution in [-0.4, -0.2) is 4.98 Å². The molecule has 2 nitrogen and oxygen atoms in total. The summed E-state index contributed by atoms with van der Waals surface area (Å²) in [6, 6.07) is 11.5. The Morgan fingerprint density at radius 3 is 2.57 bits per heavy atom. The predicted molar refractivity (Wildman–Crippen MR) is 91.7 cm³/mol. The van der Waals surface area contributed by atoms with E-state index in [0.717, 1.165) is 5.69 Å². The van der Waals surface area contributed by atoms with Crippen molar-refractivity contribution in [2.24, 2.45) is 0 Å². The molecule has 1 N–H and O–H groups in total. The van der Waals surface area contributed by atoms with Gasteiger partial charge in [-0.15, -0.1) is 11.3 Å². The van der Waals surface area contributed by atoms with E-state index in [0.29, 0.717) is 12.1 Å². The zero-order valence-electron chi connectivity index (χ0n) is 13.3. The van der Waals surface area contributed by atoms with Crippen molar-refractivity contribution in [3.63, 3.8) is 0 Å². The van der Waals surface area contributed by atoms with Gasteiger partial charge in [-0.3, -0.25) is 0 Å². The molecule has 2 atom stereocenters. The number of aryl methyl sites for hydroxylation is 1. The molecule has 1 heterocycles. The Bertz CT molecular complexity index is 521. The lowest BCUT2D eigenvalue weighted by Gasteiger charge is -2.23. The Hall–Kier alpha value is -1.19. The molecule has 1 aromatic heterocycles. The molecule has 0 aliphatic rings. The number of thiazole rings is 1. The Morgan fingerprint density at radius 2 is 1.95 bits per heavy atom. The van der Waals surface area contributed by atoms with Crippen LogP contribution < -0.4 is 5.32 Å². The summed E-state index contributed by atoms with van der Waals surface area (Å²) in [6.07, 6.45) is 5.03. The van der Waals surface area contributed by atoms with Crippen molar-refractivity contribution in [1.29, 1.82) is 0 Å². The largest absolute Gasteiger partial charge is 0.301 e. The lowest BCUT2D eigenvalue weighted by atomic mass is 9.99. The van der Waals surface area contributed by atoms with Crippen molar-refractivity contribution in [2.75, 3.05) is 0 Å². The molecule has 0 bridgehead atoms. The minimum absolute atomic E-state index is 0.301. The molecule has 0 saturated carbocycles. The van der Waals surface area contributed by atoms with Crippen LogP contribution in [0.15, 0.2) is 35.7 Å².